The molecule has 0 spiro atoms. The van der Waals surface area contributed by atoms with E-state index in [-0.39, 0.29) is 0 Å². The average Bonchev–Trinajstić information content (AvgIpc) is 2.38. The molecule has 0 fully saturated rings. The standard InChI is InChI=1S/C14H23ClN2/c1-5-11(4)17(7-3)14-9-12(10-15)8-13(6-2)16-14/h8-9,11H,5-7,10H2,1-4H3. The van der Waals surface area contributed by atoms with E-state index in [0.29, 0.717) is 11.9 Å². The Hall–Kier alpha value is -0.760. The Bertz CT molecular complexity index is 330. The summed E-state index contributed by atoms with van der Waals surface area (Å²) >= 11 is 5.94. The molecule has 1 aromatic heterocycles. The van der Waals surface area contributed by atoms with Gasteiger partial charge in [0.2, 0.25) is 0 Å². The maximum Gasteiger partial charge on any atom is 0.129 e. The van der Waals surface area contributed by atoms with Crippen LogP contribution in [0.2, 0.25) is 0 Å². The lowest BCUT2D eigenvalue weighted by Gasteiger charge is -2.29. The molecule has 1 aromatic rings. The van der Waals surface area contributed by atoms with Gasteiger partial charge in [-0.1, -0.05) is 13.8 Å². The summed E-state index contributed by atoms with van der Waals surface area (Å²) in [6, 6.07) is 4.73. The molecular weight excluding hydrogens is 232 g/mol. The second-order valence-electron chi connectivity index (χ2n) is 4.36. The van der Waals surface area contributed by atoms with Crippen molar-refractivity contribution >= 4 is 17.4 Å². The third-order valence-electron chi connectivity index (χ3n) is 3.20. The van der Waals surface area contributed by atoms with Crippen molar-refractivity contribution in [3.63, 3.8) is 0 Å². The molecule has 1 rings (SSSR count). The number of pyridine rings is 1. The first-order chi connectivity index (χ1) is 8.15. The number of hydrogen-bond acceptors (Lipinski definition) is 2. The lowest BCUT2D eigenvalue weighted by atomic mass is 10.1. The number of aryl methyl sites for hydroxylation is 1. The quantitative estimate of drug-likeness (QED) is 0.713. The topological polar surface area (TPSA) is 16.1 Å². The van der Waals surface area contributed by atoms with Gasteiger partial charge in [0.15, 0.2) is 0 Å². The van der Waals surface area contributed by atoms with E-state index in [0.717, 1.165) is 36.5 Å². The molecular formula is C14H23ClN2. The van der Waals surface area contributed by atoms with Gasteiger partial charge in [0, 0.05) is 24.2 Å². The number of nitrogens with zero attached hydrogens (tertiary/aromatic N) is 2. The fourth-order valence-corrected chi connectivity index (χ4v) is 2.11. The Morgan fingerprint density at radius 1 is 1.29 bits per heavy atom. The number of halogens is 1. The fourth-order valence-electron chi connectivity index (χ4n) is 1.96. The smallest absolute Gasteiger partial charge is 0.129 e. The molecule has 0 amide bonds. The maximum atomic E-state index is 5.94. The van der Waals surface area contributed by atoms with E-state index in [1.807, 2.05) is 0 Å². The second-order valence-corrected chi connectivity index (χ2v) is 4.62. The first kappa shape index (κ1) is 14.3. The highest BCUT2D eigenvalue weighted by atomic mass is 35.5. The Morgan fingerprint density at radius 2 is 2.00 bits per heavy atom. The highest BCUT2D eigenvalue weighted by Crippen LogP contribution is 2.20. The number of anilines is 1. The van der Waals surface area contributed by atoms with Crippen molar-refractivity contribution in [2.45, 2.75) is 52.5 Å². The van der Waals surface area contributed by atoms with Crippen LogP contribution in [-0.4, -0.2) is 17.6 Å². The highest BCUT2D eigenvalue weighted by Gasteiger charge is 2.13. The van der Waals surface area contributed by atoms with Gasteiger partial charge in [-0.3, -0.25) is 0 Å². The van der Waals surface area contributed by atoms with Crippen molar-refractivity contribution in [3.05, 3.63) is 23.4 Å². The molecule has 0 N–H and O–H groups in total. The van der Waals surface area contributed by atoms with Gasteiger partial charge in [-0.05, 0) is 44.4 Å². The minimum Gasteiger partial charge on any atom is -0.354 e. The molecule has 17 heavy (non-hydrogen) atoms. The number of hydrogen-bond donors (Lipinski definition) is 0. The Morgan fingerprint density at radius 3 is 2.47 bits per heavy atom. The summed E-state index contributed by atoms with van der Waals surface area (Å²) in [4.78, 5) is 7.05. The molecule has 1 atom stereocenters. The molecule has 0 radical (unpaired) electrons. The van der Waals surface area contributed by atoms with Crippen molar-refractivity contribution < 1.29 is 0 Å². The summed E-state index contributed by atoms with van der Waals surface area (Å²) in [5, 5.41) is 0. The zero-order valence-electron chi connectivity index (χ0n) is 11.3. The molecule has 0 aromatic carbocycles. The van der Waals surface area contributed by atoms with Gasteiger partial charge in [0.25, 0.3) is 0 Å². The normalized spacial score (nSPS) is 12.5. The minimum absolute atomic E-state index is 0.516. The summed E-state index contributed by atoms with van der Waals surface area (Å²) in [5.74, 6) is 1.62. The van der Waals surface area contributed by atoms with E-state index < -0.39 is 0 Å². The molecule has 2 nitrogen and oxygen atoms in total. The van der Waals surface area contributed by atoms with Gasteiger partial charge in [-0.2, -0.15) is 0 Å². The molecule has 1 unspecified atom stereocenters. The van der Waals surface area contributed by atoms with Crippen molar-refractivity contribution in [1.29, 1.82) is 0 Å². The lowest BCUT2D eigenvalue weighted by molar-refractivity contribution is 0.621. The molecule has 0 saturated carbocycles. The molecule has 0 saturated heterocycles. The Kier molecular flexibility index (Phi) is 5.76. The van der Waals surface area contributed by atoms with Gasteiger partial charge in [0.1, 0.15) is 5.82 Å². The molecule has 0 aliphatic heterocycles. The van der Waals surface area contributed by atoms with Crippen LogP contribution in [0.4, 0.5) is 5.82 Å². The van der Waals surface area contributed by atoms with Crippen LogP contribution >= 0.6 is 11.6 Å². The van der Waals surface area contributed by atoms with Crippen LogP contribution in [-0.2, 0) is 12.3 Å². The summed E-state index contributed by atoms with van der Waals surface area (Å²) in [6.07, 6.45) is 2.08. The average molecular weight is 255 g/mol. The van der Waals surface area contributed by atoms with Gasteiger partial charge in [-0.25, -0.2) is 4.98 Å². The molecule has 1 heterocycles. The highest BCUT2D eigenvalue weighted by molar-refractivity contribution is 6.17. The Labute approximate surface area is 110 Å². The van der Waals surface area contributed by atoms with Gasteiger partial charge in [-0.15, -0.1) is 11.6 Å². The van der Waals surface area contributed by atoms with E-state index in [1.54, 1.807) is 0 Å². The van der Waals surface area contributed by atoms with E-state index in [9.17, 15) is 0 Å². The van der Waals surface area contributed by atoms with Gasteiger partial charge >= 0.3 is 0 Å². The molecule has 3 heteroatoms. The summed E-state index contributed by atoms with van der Waals surface area (Å²) in [7, 11) is 0. The van der Waals surface area contributed by atoms with Crippen LogP contribution in [0.3, 0.4) is 0 Å². The van der Waals surface area contributed by atoms with Crippen molar-refractivity contribution in [1.82, 2.24) is 4.98 Å². The van der Waals surface area contributed by atoms with Crippen molar-refractivity contribution in [2.75, 3.05) is 11.4 Å². The first-order valence-corrected chi connectivity index (χ1v) is 7.02. The van der Waals surface area contributed by atoms with Gasteiger partial charge in [0.05, 0.1) is 0 Å². The van der Waals surface area contributed by atoms with Crippen molar-refractivity contribution in [3.8, 4) is 0 Å². The second kappa shape index (κ2) is 6.85. The zero-order valence-corrected chi connectivity index (χ0v) is 12.1. The van der Waals surface area contributed by atoms with Crippen LogP contribution in [0.1, 0.15) is 45.4 Å². The third kappa shape index (κ3) is 3.60. The van der Waals surface area contributed by atoms with Crippen molar-refractivity contribution in [2.24, 2.45) is 0 Å². The summed E-state index contributed by atoms with van der Waals surface area (Å²) in [6.45, 7) is 9.73. The van der Waals surface area contributed by atoms with E-state index in [1.165, 1.54) is 0 Å². The monoisotopic (exact) mass is 254 g/mol. The fraction of sp³-hybridized carbons (Fsp3) is 0.643. The van der Waals surface area contributed by atoms with E-state index in [4.69, 9.17) is 16.6 Å². The maximum absolute atomic E-state index is 5.94. The van der Waals surface area contributed by atoms with Crippen LogP contribution in [0, 0.1) is 0 Å². The SMILES string of the molecule is CCc1cc(CCl)cc(N(CC)C(C)CC)n1. The summed E-state index contributed by atoms with van der Waals surface area (Å²) in [5.41, 5.74) is 2.29. The predicted molar refractivity (Wildman–Crippen MR) is 75.9 cm³/mol. The predicted octanol–water partition coefficient (Wildman–Crippen LogP) is 4.01. The molecule has 0 bridgehead atoms. The van der Waals surface area contributed by atoms with Crippen LogP contribution < -0.4 is 4.90 Å². The van der Waals surface area contributed by atoms with Crippen LogP contribution in [0.25, 0.3) is 0 Å². The Balaban J connectivity index is 3.09. The largest absolute Gasteiger partial charge is 0.354 e. The first-order valence-electron chi connectivity index (χ1n) is 6.48. The minimum atomic E-state index is 0.516. The lowest BCUT2D eigenvalue weighted by Crippen LogP contribution is -2.33. The third-order valence-corrected chi connectivity index (χ3v) is 3.51. The van der Waals surface area contributed by atoms with E-state index >= 15 is 0 Å². The van der Waals surface area contributed by atoms with Gasteiger partial charge < -0.3 is 4.90 Å². The molecule has 0 aliphatic carbocycles. The number of aromatic nitrogens is 1. The number of rotatable bonds is 6. The summed E-state index contributed by atoms with van der Waals surface area (Å²) < 4.78 is 0. The number of alkyl halides is 1. The van der Waals surface area contributed by atoms with Crippen LogP contribution in [0.5, 0.6) is 0 Å². The van der Waals surface area contributed by atoms with E-state index in [2.05, 4.69) is 44.7 Å². The molecule has 96 valence electrons. The van der Waals surface area contributed by atoms with Crippen LogP contribution in [0.15, 0.2) is 12.1 Å². The molecule has 0 aliphatic rings. The zero-order chi connectivity index (χ0) is 12.8.